The van der Waals surface area contributed by atoms with Gasteiger partial charge in [0.2, 0.25) is 0 Å². The summed E-state index contributed by atoms with van der Waals surface area (Å²) >= 11 is 5.46. The van der Waals surface area contributed by atoms with E-state index in [4.69, 9.17) is 5.73 Å². The highest BCUT2D eigenvalue weighted by Gasteiger charge is 2.12. The van der Waals surface area contributed by atoms with Crippen LogP contribution in [0, 0.1) is 0 Å². The summed E-state index contributed by atoms with van der Waals surface area (Å²) in [6.45, 7) is 1.20. The molecule has 0 amide bonds. The highest BCUT2D eigenvalue weighted by molar-refractivity contribution is 9.10. The summed E-state index contributed by atoms with van der Waals surface area (Å²) in [4.78, 5) is 1.29. The lowest BCUT2D eigenvalue weighted by molar-refractivity contribution is 0.395. The van der Waals surface area contributed by atoms with Gasteiger partial charge in [0.05, 0.1) is 0 Å². The molecule has 1 unspecified atom stereocenters. The zero-order valence-corrected chi connectivity index (χ0v) is 12.3. The summed E-state index contributed by atoms with van der Waals surface area (Å²) < 4.78 is 1.11. The number of rotatable bonds is 4. The molecule has 4 heteroatoms. The lowest BCUT2D eigenvalue weighted by atomic mass is 10.0. The fraction of sp³-hybridized carbons (Fsp3) is 0.538. The van der Waals surface area contributed by atoms with E-state index in [-0.39, 0.29) is 0 Å². The minimum absolute atomic E-state index is 0.726. The van der Waals surface area contributed by atoms with Gasteiger partial charge in [-0.05, 0) is 65.7 Å². The molecular formula is C13H19BrN2S. The summed E-state index contributed by atoms with van der Waals surface area (Å²) in [6, 6.07) is 6.76. The summed E-state index contributed by atoms with van der Waals surface area (Å²) in [5.41, 5.74) is 6.54. The van der Waals surface area contributed by atoms with Crippen molar-refractivity contribution < 1.29 is 0 Å². The third kappa shape index (κ3) is 4.19. The Labute approximate surface area is 116 Å². The van der Waals surface area contributed by atoms with Crippen LogP contribution in [0.4, 0.5) is 5.69 Å². The summed E-state index contributed by atoms with van der Waals surface area (Å²) in [5, 5.41) is 3.58. The second-order valence-corrected chi connectivity index (χ2v) is 6.46. The SMILES string of the molecule is Nc1ccc(SCCC2CCCCN2)c(Br)c1. The number of benzene rings is 1. The number of nitrogens with one attached hydrogen (secondary N) is 1. The number of nitrogen functional groups attached to an aromatic ring is 1. The van der Waals surface area contributed by atoms with Crippen LogP contribution in [-0.4, -0.2) is 18.3 Å². The maximum Gasteiger partial charge on any atom is 0.0331 e. The molecule has 94 valence electrons. The monoisotopic (exact) mass is 314 g/mol. The van der Waals surface area contributed by atoms with E-state index in [2.05, 4.69) is 27.3 Å². The van der Waals surface area contributed by atoms with Crippen LogP contribution in [0.2, 0.25) is 0 Å². The van der Waals surface area contributed by atoms with Gasteiger partial charge >= 0.3 is 0 Å². The Kier molecular flexibility index (Phi) is 5.19. The first-order valence-electron chi connectivity index (χ1n) is 6.17. The maximum absolute atomic E-state index is 5.72. The smallest absolute Gasteiger partial charge is 0.0331 e. The van der Waals surface area contributed by atoms with E-state index in [0.717, 1.165) is 16.2 Å². The Hall–Kier alpha value is -0.190. The number of thioether (sulfide) groups is 1. The Bertz CT molecular complexity index is 364. The largest absolute Gasteiger partial charge is 0.399 e. The average Bonchev–Trinajstić information content (AvgIpc) is 2.33. The third-order valence-electron chi connectivity index (χ3n) is 3.09. The van der Waals surface area contributed by atoms with Crippen molar-refractivity contribution in [1.82, 2.24) is 5.32 Å². The molecule has 1 aliphatic rings. The summed E-state index contributed by atoms with van der Waals surface area (Å²) in [6.07, 6.45) is 5.31. The van der Waals surface area contributed by atoms with Crippen molar-refractivity contribution in [3.63, 3.8) is 0 Å². The molecule has 2 nitrogen and oxygen atoms in total. The molecule has 1 heterocycles. The van der Waals surface area contributed by atoms with Crippen LogP contribution in [-0.2, 0) is 0 Å². The average molecular weight is 315 g/mol. The molecule has 0 aromatic heterocycles. The van der Waals surface area contributed by atoms with Crippen LogP contribution >= 0.6 is 27.7 Å². The molecular weight excluding hydrogens is 296 g/mol. The molecule has 3 N–H and O–H groups in total. The van der Waals surface area contributed by atoms with Gasteiger partial charge in [-0.15, -0.1) is 11.8 Å². The Morgan fingerprint density at radius 2 is 2.29 bits per heavy atom. The van der Waals surface area contributed by atoms with Gasteiger partial charge in [0.25, 0.3) is 0 Å². The molecule has 1 aromatic rings. The zero-order valence-electron chi connectivity index (χ0n) is 9.92. The number of hydrogen-bond donors (Lipinski definition) is 2. The second-order valence-electron chi connectivity index (χ2n) is 4.47. The van der Waals surface area contributed by atoms with Gasteiger partial charge in [-0.25, -0.2) is 0 Å². The molecule has 0 bridgehead atoms. The molecule has 0 radical (unpaired) electrons. The van der Waals surface area contributed by atoms with Gasteiger partial charge in [0.15, 0.2) is 0 Å². The first-order valence-corrected chi connectivity index (χ1v) is 7.95. The number of halogens is 1. The van der Waals surface area contributed by atoms with Gasteiger partial charge in [-0.2, -0.15) is 0 Å². The fourth-order valence-corrected chi connectivity index (χ4v) is 3.84. The van der Waals surface area contributed by atoms with E-state index >= 15 is 0 Å². The molecule has 17 heavy (non-hydrogen) atoms. The van der Waals surface area contributed by atoms with E-state index in [1.54, 1.807) is 0 Å². The topological polar surface area (TPSA) is 38.0 Å². The van der Waals surface area contributed by atoms with E-state index in [0.29, 0.717) is 0 Å². The quantitative estimate of drug-likeness (QED) is 0.658. The summed E-state index contributed by atoms with van der Waals surface area (Å²) in [7, 11) is 0. The predicted molar refractivity (Wildman–Crippen MR) is 79.5 cm³/mol. The predicted octanol–water partition coefficient (Wildman–Crippen LogP) is 3.66. The number of piperidine rings is 1. The molecule has 1 fully saturated rings. The molecule has 1 atom stereocenters. The zero-order chi connectivity index (χ0) is 12.1. The fourth-order valence-electron chi connectivity index (χ4n) is 2.12. The summed E-state index contributed by atoms with van der Waals surface area (Å²) in [5.74, 6) is 1.17. The van der Waals surface area contributed by atoms with Gasteiger partial charge in [-0.3, -0.25) is 0 Å². The van der Waals surface area contributed by atoms with Crippen LogP contribution < -0.4 is 11.1 Å². The van der Waals surface area contributed by atoms with Crippen molar-refractivity contribution in [3.05, 3.63) is 22.7 Å². The minimum atomic E-state index is 0.726. The Balaban J connectivity index is 1.77. The molecule has 0 spiro atoms. The van der Waals surface area contributed by atoms with Crippen molar-refractivity contribution in [3.8, 4) is 0 Å². The lowest BCUT2D eigenvalue weighted by Crippen LogP contribution is -2.34. The van der Waals surface area contributed by atoms with E-state index in [1.165, 1.54) is 42.9 Å². The van der Waals surface area contributed by atoms with E-state index in [9.17, 15) is 0 Å². The maximum atomic E-state index is 5.72. The van der Waals surface area contributed by atoms with Crippen molar-refractivity contribution in [2.45, 2.75) is 36.6 Å². The Morgan fingerprint density at radius 1 is 1.41 bits per heavy atom. The van der Waals surface area contributed by atoms with Crippen molar-refractivity contribution >= 4 is 33.4 Å². The van der Waals surface area contributed by atoms with Crippen LogP contribution in [0.3, 0.4) is 0 Å². The molecule has 0 saturated carbocycles. The van der Waals surface area contributed by atoms with Gasteiger partial charge in [0, 0.05) is 21.1 Å². The third-order valence-corrected chi connectivity index (χ3v) is 5.12. The van der Waals surface area contributed by atoms with Gasteiger partial charge in [0.1, 0.15) is 0 Å². The lowest BCUT2D eigenvalue weighted by Gasteiger charge is -2.23. The van der Waals surface area contributed by atoms with E-state index in [1.807, 2.05) is 23.9 Å². The van der Waals surface area contributed by atoms with Crippen LogP contribution in [0.1, 0.15) is 25.7 Å². The standard InChI is InChI=1S/C13H19BrN2S/c14-12-9-10(15)4-5-13(12)17-8-6-11-3-1-2-7-16-11/h4-5,9,11,16H,1-3,6-8,15H2. The molecule has 1 aromatic carbocycles. The van der Waals surface area contributed by atoms with Gasteiger partial charge < -0.3 is 11.1 Å². The van der Waals surface area contributed by atoms with Crippen molar-refractivity contribution in [1.29, 1.82) is 0 Å². The first kappa shape index (κ1) is 13.2. The highest BCUT2D eigenvalue weighted by Crippen LogP contribution is 2.30. The minimum Gasteiger partial charge on any atom is -0.399 e. The Morgan fingerprint density at radius 3 is 3.00 bits per heavy atom. The molecule has 0 aliphatic carbocycles. The molecule has 1 saturated heterocycles. The second kappa shape index (κ2) is 6.66. The molecule has 1 aliphatic heterocycles. The van der Waals surface area contributed by atoms with Crippen LogP contribution in [0.25, 0.3) is 0 Å². The van der Waals surface area contributed by atoms with Crippen LogP contribution in [0.15, 0.2) is 27.6 Å². The van der Waals surface area contributed by atoms with Crippen LogP contribution in [0.5, 0.6) is 0 Å². The number of hydrogen-bond acceptors (Lipinski definition) is 3. The molecule has 2 rings (SSSR count). The first-order chi connectivity index (χ1) is 8.25. The van der Waals surface area contributed by atoms with Crippen molar-refractivity contribution in [2.75, 3.05) is 18.0 Å². The number of nitrogens with two attached hydrogens (primary N) is 1. The van der Waals surface area contributed by atoms with Gasteiger partial charge in [-0.1, -0.05) is 6.42 Å². The van der Waals surface area contributed by atoms with E-state index < -0.39 is 0 Å². The van der Waals surface area contributed by atoms with Crippen molar-refractivity contribution in [2.24, 2.45) is 0 Å². The number of anilines is 1. The highest BCUT2D eigenvalue weighted by atomic mass is 79.9. The normalized spacial score (nSPS) is 20.4.